The van der Waals surface area contributed by atoms with Gasteiger partial charge in [0.1, 0.15) is 6.04 Å². The van der Waals surface area contributed by atoms with E-state index < -0.39 is 0 Å². The van der Waals surface area contributed by atoms with Gasteiger partial charge in [0.25, 0.3) is 0 Å². The second-order valence-electron chi connectivity index (χ2n) is 5.46. The van der Waals surface area contributed by atoms with E-state index in [0.29, 0.717) is 12.6 Å². The fraction of sp³-hybridized carbons (Fsp3) is 0.933. The maximum absolute atomic E-state index is 11.9. The van der Waals surface area contributed by atoms with Crippen molar-refractivity contribution in [2.24, 2.45) is 0 Å². The van der Waals surface area contributed by atoms with Crippen molar-refractivity contribution in [3.05, 3.63) is 0 Å². The number of piperazine rings is 1. The molecule has 0 aromatic carbocycles. The SMILES string of the molecule is CCNC(CN1CCN(C(C)CC)CC1)C(=O)OCC. The lowest BCUT2D eigenvalue weighted by Crippen LogP contribution is -2.54. The van der Waals surface area contributed by atoms with E-state index in [9.17, 15) is 4.79 Å². The Labute approximate surface area is 123 Å². The van der Waals surface area contributed by atoms with Gasteiger partial charge in [0.05, 0.1) is 6.61 Å². The lowest BCUT2D eigenvalue weighted by molar-refractivity contribution is -0.146. The van der Waals surface area contributed by atoms with Crippen molar-refractivity contribution in [3.8, 4) is 0 Å². The fourth-order valence-corrected chi connectivity index (χ4v) is 2.61. The Hall–Kier alpha value is -0.650. The molecule has 1 heterocycles. The smallest absolute Gasteiger partial charge is 0.324 e. The number of nitrogens with zero attached hydrogens (tertiary/aromatic N) is 2. The Morgan fingerprint density at radius 3 is 2.35 bits per heavy atom. The van der Waals surface area contributed by atoms with Crippen LogP contribution in [-0.2, 0) is 9.53 Å². The highest BCUT2D eigenvalue weighted by Crippen LogP contribution is 2.09. The van der Waals surface area contributed by atoms with Crippen molar-refractivity contribution >= 4 is 5.97 Å². The van der Waals surface area contributed by atoms with Crippen LogP contribution in [0.3, 0.4) is 0 Å². The Kier molecular flexibility index (Phi) is 8.11. The number of hydrogen-bond donors (Lipinski definition) is 1. The van der Waals surface area contributed by atoms with Gasteiger partial charge in [0, 0.05) is 38.8 Å². The number of hydrogen-bond acceptors (Lipinski definition) is 5. The van der Waals surface area contributed by atoms with Crippen molar-refractivity contribution in [1.29, 1.82) is 0 Å². The largest absolute Gasteiger partial charge is 0.465 e. The average Bonchev–Trinajstić information content (AvgIpc) is 2.47. The second kappa shape index (κ2) is 9.32. The predicted molar refractivity (Wildman–Crippen MR) is 81.9 cm³/mol. The standard InChI is InChI=1S/C15H31N3O2/c1-5-13(4)18-10-8-17(9-11-18)12-14(16-6-2)15(19)20-7-3/h13-14,16H,5-12H2,1-4H3. The van der Waals surface area contributed by atoms with Crippen molar-refractivity contribution < 1.29 is 9.53 Å². The molecular formula is C15H31N3O2. The summed E-state index contributed by atoms with van der Waals surface area (Å²) in [4.78, 5) is 16.8. The lowest BCUT2D eigenvalue weighted by atomic mass is 10.1. The molecule has 20 heavy (non-hydrogen) atoms. The molecule has 0 aromatic heterocycles. The zero-order chi connectivity index (χ0) is 15.0. The van der Waals surface area contributed by atoms with Crippen molar-refractivity contribution in [1.82, 2.24) is 15.1 Å². The summed E-state index contributed by atoms with van der Waals surface area (Å²) in [6.07, 6.45) is 1.20. The Bertz CT molecular complexity index is 278. The van der Waals surface area contributed by atoms with E-state index in [0.717, 1.165) is 39.3 Å². The minimum absolute atomic E-state index is 0.126. The minimum Gasteiger partial charge on any atom is -0.465 e. The second-order valence-corrected chi connectivity index (χ2v) is 5.46. The quantitative estimate of drug-likeness (QED) is 0.673. The number of carbonyl (C=O) groups is 1. The van der Waals surface area contributed by atoms with Crippen LogP contribution in [-0.4, -0.2) is 73.7 Å². The molecule has 1 saturated heterocycles. The van der Waals surface area contributed by atoms with Gasteiger partial charge < -0.3 is 10.1 Å². The van der Waals surface area contributed by atoms with E-state index in [1.807, 2.05) is 13.8 Å². The monoisotopic (exact) mass is 285 g/mol. The molecule has 0 saturated carbocycles. The number of ether oxygens (including phenoxy) is 1. The van der Waals surface area contributed by atoms with Crippen LogP contribution in [0.15, 0.2) is 0 Å². The molecule has 0 aromatic rings. The highest BCUT2D eigenvalue weighted by Gasteiger charge is 2.25. The summed E-state index contributed by atoms with van der Waals surface area (Å²) in [6, 6.07) is 0.460. The van der Waals surface area contributed by atoms with Gasteiger partial charge in [-0.15, -0.1) is 0 Å². The highest BCUT2D eigenvalue weighted by atomic mass is 16.5. The fourth-order valence-electron chi connectivity index (χ4n) is 2.61. The first-order valence-corrected chi connectivity index (χ1v) is 7.98. The van der Waals surface area contributed by atoms with Gasteiger partial charge in [0.15, 0.2) is 0 Å². The molecule has 2 unspecified atom stereocenters. The summed E-state index contributed by atoms with van der Waals surface area (Å²) in [5, 5.41) is 3.23. The van der Waals surface area contributed by atoms with E-state index in [1.54, 1.807) is 0 Å². The van der Waals surface area contributed by atoms with Crippen LogP contribution in [0.1, 0.15) is 34.1 Å². The third-order valence-electron chi connectivity index (χ3n) is 4.08. The van der Waals surface area contributed by atoms with Crippen LogP contribution in [0.25, 0.3) is 0 Å². The third kappa shape index (κ3) is 5.38. The van der Waals surface area contributed by atoms with Crippen LogP contribution in [0, 0.1) is 0 Å². The number of likely N-dealkylation sites (N-methyl/N-ethyl adjacent to an activating group) is 1. The molecule has 0 spiro atoms. The molecule has 5 heteroatoms. The number of rotatable bonds is 8. The maximum atomic E-state index is 11.9. The molecule has 1 N–H and O–H groups in total. The molecule has 118 valence electrons. The molecule has 1 aliphatic heterocycles. The van der Waals surface area contributed by atoms with E-state index >= 15 is 0 Å². The molecule has 0 aliphatic carbocycles. The maximum Gasteiger partial charge on any atom is 0.324 e. The van der Waals surface area contributed by atoms with Crippen LogP contribution < -0.4 is 5.32 Å². The van der Waals surface area contributed by atoms with Crippen molar-refractivity contribution in [2.75, 3.05) is 45.9 Å². The molecule has 1 fully saturated rings. The number of carbonyl (C=O) groups excluding carboxylic acids is 1. The molecule has 0 bridgehead atoms. The van der Waals surface area contributed by atoms with Gasteiger partial charge in [-0.2, -0.15) is 0 Å². The summed E-state index contributed by atoms with van der Waals surface area (Å²) in [7, 11) is 0. The van der Waals surface area contributed by atoms with Gasteiger partial charge >= 0.3 is 5.97 Å². The highest BCUT2D eigenvalue weighted by molar-refractivity contribution is 5.76. The normalized spacial score (nSPS) is 20.6. The first-order valence-electron chi connectivity index (χ1n) is 7.98. The van der Waals surface area contributed by atoms with Gasteiger partial charge in [-0.3, -0.25) is 14.6 Å². The van der Waals surface area contributed by atoms with Crippen molar-refractivity contribution in [3.63, 3.8) is 0 Å². The molecule has 0 amide bonds. The van der Waals surface area contributed by atoms with Gasteiger partial charge in [-0.25, -0.2) is 0 Å². The summed E-state index contributed by atoms with van der Waals surface area (Å²) in [6.45, 7) is 14.6. The average molecular weight is 285 g/mol. The van der Waals surface area contributed by atoms with Crippen LogP contribution >= 0.6 is 0 Å². The lowest BCUT2D eigenvalue weighted by Gasteiger charge is -2.38. The van der Waals surface area contributed by atoms with E-state index in [-0.39, 0.29) is 12.0 Å². The number of esters is 1. The molecule has 0 radical (unpaired) electrons. The van der Waals surface area contributed by atoms with Crippen LogP contribution in [0.5, 0.6) is 0 Å². The first kappa shape index (κ1) is 17.4. The Balaban J connectivity index is 2.41. The van der Waals surface area contributed by atoms with E-state index in [4.69, 9.17) is 4.74 Å². The topological polar surface area (TPSA) is 44.8 Å². The molecule has 1 aliphatic rings. The number of nitrogens with one attached hydrogen (secondary N) is 1. The van der Waals surface area contributed by atoms with Gasteiger partial charge in [-0.1, -0.05) is 13.8 Å². The minimum atomic E-state index is -0.199. The molecular weight excluding hydrogens is 254 g/mol. The summed E-state index contributed by atoms with van der Waals surface area (Å²) in [5.41, 5.74) is 0. The summed E-state index contributed by atoms with van der Waals surface area (Å²) >= 11 is 0. The molecule has 1 rings (SSSR count). The van der Waals surface area contributed by atoms with E-state index in [2.05, 4.69) is 29.0 Å². The predicted octanol–water partition coefficient (Wildman–Crippen LogP) is 0.944. The Morgan fingerprint density at radius 1 is 1.20 bits per heavy atom. The summed E-state index contributed by atoms with van der Waals surface area (Å²) < 4.78 is 5.14. The Morgan fingerprint density at radius 2 is 1.85 bits per heavy atom. The van der Waals surface area contributed by atoms with Crippen molar-refractivity contribution in [2.45, 2.75) is 46.2 Å². The molecule has 2 atom stereocenters. The zero-order valence-corrected chi connectivity index (χ0v) is 13.5. The summed E-state index contributed by atoms with van der Waals surface area (Å²) in [5.74, 6) is -0.126. The van der Waals surface area contributed by atoms with Crippen LogP contribution in [0.4, 0.5) is 0 Å². The molecule has 5 nitrogen and oxygen atoms in total. The zero-order valence-electron chi connectivity index (χ0n) is 13.5. The van der Waals surface area contributed by atoms with Crippen LogP contribution in [0.2, 0.25) is 0 Å². The first-order chi connectivity index (χ1) is 9.62. The third-order valence-corrected chi connectivity index (χ3v) is 4.08. The van der Waals surface area contributed by atoms with Gasteiger partial charge in [-0.05, 0) is 26.8 Å². The van der Waals surface area contributed by atoms with E-state index in [1.165, 1.54) is 6.42 Å². The van der Waals surface area contributed by atoms with Gasteiger partial charge in [0.2, 0.25) is 0 Å².